The number of rotatable bonds is 4. The number of amides is 1. The molecular formula is C19H20N2O2. The molecule has 3 unspecified atom stereocenters. The smallest absolute Gasteiger partial charge is 0.243 e. The van der Waals surface area contributed by atoms with Crippen molar-refractivity contribution in [3.8, 4) is 11.6 Å². The Labute approximate surface area is 135 Å². The number of para-hydroxylation sites is 1. The molecule has 0 radical (unpaired) electrons. The largest absolute Gasteiger partial charge is 0.437 e. The van der Waals surface area contributed by atoms with Crippen molar-refractivity contribution >= 4 is 11.6 Å². The van der Waals surface area contributed by atoms with Crippen molar-refractivity contribution in [1.82, 2.24) is 4.98 Å². The number of benzene rings is 1. The lowest BCUT2D eigenvalue weighted by atomic mass is 9.88. The van der Waals surface area contributed by atoms with Crippen LogP contribution in [0.25, 0.3) is 0 Å². The van der Waals surface area contributed by atoms with Crippen LogP contribution >= 0.6 is 0 Å². The van der Waals surface area contributed by atoms with Crippen molar-refractivity contribution in [3.63, 3.8) is 0 Å². The third-order valence-electron chi connectivity index (χ3n) is 5.06. The summed E-state index contributed by atoms with van der Waals surface area (Å²) in [5.74, 6) is 2.73. The fraction of sp³-hybridized carbons (Fsp3) is 0.368. The highest BCUT2D eigenvalue weighted by atomic mass is 16.5. The number of carbonyl (C=O) groups excluding carboxylic acids is 1. The van der Waals surface area contributed by atoms with E-state index in [1.807, 2.05) is 42.5 Å². The molecule has 0 saturated heterocycles. The summed E-state index contributed by atoms with van der Waals surface area (Å²) in [6, 6.07) is 13.2. The van der Waals surface area contributed by atoms with Crippen LogP contribution in [0.4, 0.5) is 5.69 Å². The van der Waals surface area contributed by atoms with Crippen molar-refractivity contribution in [2.45, 2.75) is 25.7 Å². The number of nitrogens with one attached hydrogen (secondary N) is 1. The van der Waals surface area contributed by atoms with Gasteiger partial charge >= 0.3 is 0 Å². The van der Waals surface area contributed by atoms with Gasteiger partial charge in [0, 0.05) is 12.1 Å². The van der Waals surface area contributed by atoms with Gasteiger partial charge in [0.15, 0.2) is 0 Å². The Hall–Kier alpha value is -2.36. The average molecular weight is 308 g/mol. The normalized spacial score (nSPS) is 25.3. The summed E-state index contributed by atoms with van der Waals surface area (Å²) in [6.45, 7) is 0. The molecule has 3 atom stereocenters. The van der Waals surface area contributed by atoms with E-state index in [2.05, 4.69) is 10.3 Å². The molecule has 118 valence electrons. The quantitative estimate of drug-likeness (QED) is 0.918. The maximum atomic E-state index is 12.6. The molecular weight excluding hydrogens is 288 g/mol. The van der Waals surface area contributed by atoms with E-state index in [1.54, 1.807) is 6.20 Å². The SMILES string of the molecule is O=C(Nc1cccnc1Oc1ccccc1)C1CC2CCC1C2. The highest BCUT2D eigenvalue weighted by Crippen LogP contribution is 2.48. The predicted octanol–water partition coefficient (Wildman–Crippen LogP) is 4.25. The van der Waals surface area contributed by atoms with E-state index in [9.17, 15) is 4.79 Å². The van der Waals surface area contributed by atoms with Gasteiger partial charge in [-0.3, -0.25) is 4.79 Å². The van der Waals surface area contributed by atoms with Crippen molar-refractivity contribution in [2.24, 2.45) is 17.8 Å². The monoisotopic (exact) mass is 308 g/mol. The lowest BCUT2D eigenvalue weighted by Crippen LogP contribution is -2.27. The van der Waals surface area contributed by atoms with Crippen molar-refractivity contribution in [3.05, 3.63) is 48.7 Å². The van der Waals surface area contributed by atoms with Gasteiger partial charge in [0.2, 0.25) is 11.8 Å². The molecule has 2 fully saturated rings. The van der Waals surface area contributed by atoms with Crippen LogP contribution in [0.15, 0.2) is 48.7 Å². The summed E-state index contributed by atoms with van der Waals surface area (Å²) < 4.78 is 5.81. The van der Waals surface area contributed by atoms with Crippen LogP contribution in [0.5, 0.6) is 11.6 Å². The van der Waals surface area contributed by atoms with Crippen LogP contribution in [0.2, 0.25) is 0 Å². The number of carbonyl (C=O) groups is 1. The zero-order chi connectivity index (χ0) is 15.6. The van der Waals surface area contributed by atoms with Gasteiger partial charge in [-0.1, -0.05) is 24.6 Å². The van der Waals surface area contributed by atoms with Crippen LogP contribution in [-0.2, 0) is 4.79 Å². The zero-order valence-electron chi connectivity index (χ0n) is 12.9. The first-order chi connectivity index (χ1) is 11.3. The Balaban J connectivity index is 1.49. The van der Waals surface area contributed by atoms with E-state index in [4.69, 9.17) is 4.74 Å². The van der Waals surface area contributed by atoms with E-state index in [0.29, 0.717) is 23.2 Å². The van der Waals surface area contributed by atoms with Crippen LogP contribution in [0.1, 0.15) is 25.7 Å². The number of hydrogen-bond donors (Lipinski definition) is 1. The van der Waals surface area contributed by atoms with Gasteiger partial charge < -0.3 is 10.1 Å². The van der Waals surface area contributed by atoms with E-state index in [0.717, 1.165) is 12.3 Å². The number of pyridine rings is 1. The molecule has 0 aliphatic heterocycles. The molecule has 2 bridgehead atoms. The number of ether oxygens (including phenoxy) is 1. The molecule has 2 saturated carbocycles. The van der Waals surface area contributed by atoms with Crippen LogP contribution < -0.4 is 10.1 Å². The third kappa shape index (κ3) is 2.93. The minimum absolute atomic E-state index is 0.114. The molecule has 1 aromatic carbocycles. The van der Waals surface area contributed by atoms with E-state index in [-0.39, 0.29) is 11.8 Å². The zero-order valence-corrected chi connectivity index (χ0v) is 12.9. The molecule has 2 aliphatic rings. The van der Waals surface area contributed by atoms with Gasteiger partial charge in [-0.25, -0.2) is 4.98 Å². The Morgan fingerprint density at radius 1 is 1.09 bits per heavy atom. The molecule has 2 aromatic rings. The molecule has 4 heteroatoms. The van der Waals surface area contributed by atoms with E-state index < -0.39 is 0 Å². The number of nitrogens with zero attached hydrogens (tertiary/aromatic N) is 1. The van der Waals surface area contributed by atoms with E-state index in [1.165, 1.54) is 19.3 Å². The Morgan fingerprint density at radius 3 is 2.70 bits per heavy atom. The summed E-state index contributed by atoms with van der Waals surface area (Å²) in [7, 11) is 0. The fourth-order valence-electron chi connectivity index (χ4n) is 3.96. The van der Waals surface area contributed by atoms with E-state index >= 15 is 0 Å². The first-order valence-electron chi connectivity index (χ1n) is 8.28. The first kappa shape index (κ1) is 14.2. The number of aromatic nitrogens is 1. The highest BCUT2D eigenvalue weighted by Gasteiger charge is 2.43. The highest BCUT2D eigenvalue weighted by molar-refractivity contribution is 5.94. The summed E-state index contributed by atoms with van der Waals surface area (Å²) >= 11 is 0. The molecule has 0 spiro atoms. The molecule has 1 amide bonds. The molecule has 2 aliphatic carbocycles. The van der Waals surface area contributed by atoms with Crippen LogP contribution in [0, 0.1) is 17.8 Å². The van der Waals surface area contributed by atoms with Gasteiger partial charge in [0.25, 0.3) is 0 Å². The predicted molar refractivity (Wildman–Crippen MR) is 88.3 cm³/mol. The molecule has 1 N–H and O–H groups in total. The van der Waals surface area contributed by atoms with Gasteiger partial charge in [0.1, 0.15) is 11.4 Å². The molecule has 1 aromatic heterocycles. The maximum absolute atomic E-state index is 12.6. The fourth-order valence-corrected chi connectivity index (χ4v) is 3.96. The third-order valence-corrected chi connectivity index (χ3v) is 5.06. The maximum Gasteiger partial charge on any atom is 0.243 e. The second-order valence-corrected chi connectivity index (χ2v) is 6.54. The number of hydrogen-bond acceptors (Lipinski definition) is 3. The summed E-state index contributed by atoms with van der Waals surface area (Å²) in [5.41, 5.74) is 0.643. The number of anilines is 1. The summed E-state index contributed by atoms with van der Waals surface area (Å²) in [5, 5.41) is 3.03. The van der Waals surface area contributed by atoms with Gasteiger partial charge in [-0.15, -0.1) is 0 Å². The van der Waals surface area contributed by atoms with Crippen LogP contribution in [-0.4, -0.2) is 10.9 Å². The topological polar surface area (TPSA) is 51.2 Å². The van der Waals surface area contributed by atoms with Crippen molar-refractivity contribution < 1.29 is 9.53 Å². The first-order valence-corrected chi connectivity index (χ1v) is 8.28. The average Bonchev–Trinajstić information content (AvgIpc) is 3.21. The Morgan fingerprint density at radius 2 is 1.96 bits per heavy atom. The van der Waals surface area contributed by atoms with Crippen LogP contribution in [0.3, 0.4) is 0 Å². The molecule has 4 rings (SSSR count). The standard InChI is InChI=1S/C19H20N2O2/c22-18(16-12-13-8-9-14(16)11-13)21-17-7-4-10-20-19(17)23-15-5-2-1-3-6-15/h1-7,10,13-14,16H,8-9,11-12H2,(H,21,22). The van der Waals surface area contributed by atoms with Gasteiger partial charge in [-0.2, -0.15) is 0 Å². The minimum Gasteiger partial charge on any atom is -0.437 e. The molecule has 23 heavy (non-hydrogen) atoms. The second kappa shape index (κ2) is 6.03. The lowest BCUT2D eigenvalue weighted by molar-refractivity contribution is -0.121. The van der Waals surface area contributed by atoms with Crippen molar-refractivity contribution in [2.75, 3.05) is 5.32 Å². The summed E-state index contributed by atoms with van der Waals surface area (Å²) in [4.78, 5) is 16.9. The molecule has 1 heterocycles. The Kier molecular flexibility index (Phi) is 3.74. The number of fused-ring (bicyclic) bond motifs is 2. The summed E-state index contributed by atoms with van der Waals surface area (Å²) in [6.07, 6.45) is 6.42. The van der Waals surface area contributed by atoms with Crippen molar-refractivity contribution in [1.29, 1.82) is 0 Å². The van der Waals surface area contributed by atoms with Gasteiger partial charge in [0.05, 0.1) is 0 Å². The second-order valence-electron chi connectivity index (χ2n) is 6.54. The minimum atomic E-state index is 0.114. The lowest BCUT2D eigenvalue weighted by Gasteiger charge is -2.21. The Bertz CT molecular complexity index is 702. The molecule has 4 nitrogen and oxygen atoms in total. The van der Waals surface area contributed by atoms with Gasteiger partial charge in [-0.05, 0) is 55.4 Å².